The van der Waals surface area contributed by atoms with Crippen LogP contribution in [0.5, 0.6) is 0 Å². The van der Waals surface area contributed by atoms with Gasteiger partial charge < -0.3 is 19.3 Å². The Balaban J connectivity index is 1.49. The van der Waals surface area contributed by atoms with Crippen LogP contribution in [-0.2, 0) is 14.3 Å². The Labute approximate surface area is 130 Å². The van der Waals surface area contributed by atoms with Gasteiger partial charge in [0, 0.05) is 32.4 Å². The van der Waals surface area contributed by atoms with Crippen molar-refractivity contribution >= 4 is 11.6 Å². The molecule has 118 valence electrons. The lowest BCUT2D eigenvalue weighted by Crippen LogP contribution is -2.51. The summed E-state index contributed by atoms with van der Waals surface area (Å²) in [6, 6.07) is 4.23. The topological polar surface area (TPSA) is 54.9 Å². The van der Waals surface area contributed by atoms with Crippen LogP contribution in [0.3, 0.4) is 0 Å². The maximum Gasteiger partial charge on any atom is 0.251 e. The molecule has 0 bridgehead atoms. The maximum atomic E-state index is 12.5. The third kappa shape index (κ3) is 2.46. The van der Waals surface area contributed by atoms with Gasteiger partial charge in [-0.15, -0.1) is 0 Å². The second kappa shape index (κ2) is 5.85. The van der Waals surface area contributed by atoms with Crippen molar-refractivity contribution in [3.8, 4) is 0 Å². The van der Waals surface area contributed by atoms with Gasteiger partial charge in [0.1, 0.15) is 6.10 Å². The Bertz CT molecular complexity index is 533. The Morgan fingerprint density at radius 3 is 3.00 bits per heavy atom. The first-order chi connectivity index (χ1) is 10.8. The van der Waals surface area contributed by atoms with E-state index >= 15 is 0 Å². The summed E-state index contributed by atoms with van der Waals surface area (Å²) in [4.78, 5) is 21.0. The normalized spacial score (nSPS) is 31.4. The average Bonchev–Trinajstić information content (AvgIpc) is 3.24. The molecule has 4 heterocycles. The molecule has 3 aliphatic rings. The highest BCUT2D eigenvalue weighted by atomic mass is 16.5. The Kier molecular flexibility index (Phi) is 3.72. The quantitative estimate of drug-likeness (QED) is 0.804. The van der Waals surface area contributed by atoms with Gasteiger partial charge in [0.15, 0.2) is 0 Å². The van der Waals surface area contributed by atoms with Crippen molar-refractivity contribution in [2.75, 3.05) is 37.7 Å². The first kappa shape index (κ1) is 14.0. The number of carbonyl (C=O) groups excluding carboxylic acids is 1. The van der Waals surface area contributed by atoms with E-state index < -0.39 is 0 Å². The number of morpholine rings is 1. The highest BCUT2D eigenvalue weighted by Crippen LogP contribution is 2.28. The average molecular weight is 303 g/mol. The lowest BCUT2D eigenvalue weighted by molar-refractivity contribution is -0.140. The third-order valence-electron chi connectivity index (χ3n) is 4.80. The van der Waals surface area contributed by atoms with Crippen molar-refractivity contribution in [3.63, 3.8) is 0 Å². The molecule has 1 amide bonds. The molecular formula is C16H21N3O3. The van der Waals surface area contributed by atoms with Gasteiger partial charge >= 0.3 is 0 Å². The van der Waals surface area contributed by atoms with Crippen molar-refractivity contribution in [3.05, 3.63) is 24.5 Å². The standard InChI is InChI=1S/C16H21N3O3/c20-16(14-4-2-7-21-14)18-10-13-15(11-18)22-8-6-19(13)12-3-1-5-17-9-12/h1,3,5,9,13-15H,2,4,6-8,10-11H2/t13-,14-,15+/m1/s1. The van der Waals surface area contributed by atoms with Crippen molar-refractivity contribution < 1.29 is 14.3 Å². The minimum Gasteiger partial charge on any atom is -0.372 e. The van der Waals surface area contributed by atoms with Crippen LogP contribution >= 0.6 is 0 Å². The molecule has 3 aliphatic heterocycles. The number of nitrogens with zero attached hydrogens (tertiary/aromatic N) is 3. The van der Waals surface area contributed by atoms with E-state index in [9.17, 15) is 4.79 Å². The van der Waals surface area contributed by atoms with E-state index in [1.165, 1.54) is 0 Å². The third-order valence-corrected chi connectivity index (χ3v) is 4.80. The lowest BCUT2D eigenvalue weighted by atomic mass is 10.1. The summed E-state index contributed by atoms with van der Waals surface area (Å²) >= 11 is 0. The van der Waals surface area contributed by atoms with E-state index in [0.717, 1.165) is 25.1 Å². The SMILES string of the molecule is O=C([C@H]1CCCO1)N1C[C@@H]2OCCN(c3cccnc3)[C@@H]2C1. The number of rotatable bonds is 2. The van der Waals surface area contributed by atoms with Gasteiger partial charge in [-0.3, -0.25) is 9.78 Å². The molecule has 0 aromatic carbocycles. The number of fused-ring (bicyclic) bond motifs is 1. The van der Waals surface area contributed by atoms with E-state index in [-0.39, 0.29) is 24.2 Å². The predicted octanol–water partition coefficient (Wildman–Crippen LogP) is 0.677. The molecule has 3 fully saturated rings. The van der Waals surface area contributed by atoms with Crippen molar-refractivity contribution in [2.24, 2.45) is 0 Å². The fourth-order valence-electron chi connectivity index (χ4n) is 3.69. The molecule has 0 radical (unpaired) electrons. The van der Waals surface area contributed by atoms with Crippen molar-refractivity contribution in [1.82, 2.24) is 9.88 Å². The minimum absolute atomic E-state index is 0.0827. The van der Waals surface area contributed by atoms with Gasteiger partial charge in [-0.2, -0.15) is 0 Å². The zero-order chi connectivity index (χ0) is 14.9. The first-order valence-corrected chi connectivity index (χ1v) is 8.01. The van der Waals surface area contributed by atoms with E-state index in [1.54, 1.807) is 6.20 Å². The predicted molar refractivity (Wildman–Crippen MR) is 80.7 cm³/mol. The number of anilines is 1. The molecule has 0 spiro atoms. The zero-order valence-electron chi connectivity index (χ0n) is 12.6. The summed E-state index contributed by atoms with van der Waals surface area (Å²) in [7, 11) is 0. The van der Waals surface area contributed by atoms with Crippen LogP contribution in [0.1, 0.15) is 12.8 Å². The fraction of sp³-hybridized carbons (Fsp3) is 0.625. The molecular weight excluding hydrogens is 282 g/mol. The monoisotopic (exact) mass is 303 g/mol. The summed E-state index contributed by atoms with van der Waals surface area (Å²) in [5.74, 6) is 0.127. The molecule has 4 rings (SSSR count). The van der Waals surface area contributed by atoms with Crippen LogP contribution in [-0.4, -0.2) is 66.9 Å². The smallest absolute Gasteiger partial charge is 0.251 e. The molecule has 0 saturated carbocycles. The van der Waals surface area contributed by atoms with Gasteiger partial charge in [0.25, 0.3) is 5.91 Å². The van der Waals surface area contributed by atoms with Crippen LogP contribution < -0.4 is 4.90 Å². The number of likely N-dealkylation sites (tertiary alicyclic amines) is 1. The van der Waals surface area contributed by atoms with Crippen molar-refractivity contribution in [2.45, 2.75) is 31.1 Å². The maximum absolute atomic E-state index is 12.5. The van der Waals surface area contributed by atoms with Crippen LogP contribution in [0.2, 0.25) is 0 Å². The molecule has 0 N–H and O–H groups in total. The Morgan fingerprint density at radius 1 is 1.27 bits per heavy atom. The molecule has 1 aromatic rings. The Morgan fingerprint density at radius 2 is 2.23 bits per heavy atom. The minimum atomic E-state index is -0.244. The number of pyridine rings is 1. The molecule has 3 atom stereocenters. The molecule has 6 nitrogen and oxygen atoms in total. The molecule has 6 heteroatoms. The van der Waals surface area contributed by atoms with Gasteiger partial charge in [-0.05, 0) is 25.0 Å². The fourth-order valence-corrected chi connectivity index (χ4v) is 3.69. The number of hydrogen-bond acceptors (Lipinski definition) is 5. The number of amides is 1. The van der Waals surface area contributed by atoms with Gasteiger partial charge in [-0.1, -0.05) is 0 Å². The molecule has 1 aromatic heterocycles. The highest BCUT2D eigenvalue weighted by molar-refractivity contribution is 5.81. The molecule has 3 saturated heterocycles. The van der Waals surface area contributed by atoms with Gasteiger partial charge in [0.2, 0.25) is 0 Å². The van der Waals surface area contributed by atoms with Crippen LogP contribution in [0.25, 0.3) is 0 Å². The lowest BCUT2D eigenvalue weighted by Gasteiger charge is -2.38. The van der Waals surface area contributed by atoms with E-state index in [0.29, 0.717) is 26.3 Å². The van der Waals surface area contributed by atoms with Crippen LogP contribution in [0.15, 0.2) is 24.5 Å². The zero-order valence-corrected chi connectivity index (χ0v) is 12.6. The number of aromatic nitrogens is 1. The summed E-state index contributed by atoms with van der Waals surface area (Å²) in [6.45, 7) is 3.61. The molecule has 0 unspecified atom stereocenters. The summed E-state index contributed by atoms with van der Waals surface area (Å²) in [5.41, 5.74) is 1.10. The van der Waals surface area contributed by atoms with E-state index in [1.807, 2.05) is 17.2 Å². The summed E-state index contributed by atoms with van der Waals surface area (Å²) in [6.07, 6.45) is 5.33. The van der Waals surface area contributed by atoms with E-state index in [2.05, 4.69) is 16.0 Å². The second-order valence-electron chi connectivity index (χ2n) is 6.13. The summed E-state index contributed by atoms with van der Waals surface area (Å²) < 4.78 is 11.4. The molecule has 0 aliphatic carbocycles. The molecule has 22 heavy (non-hydrogen) atoms. The first-order valence-electron chi connectivity index (χ1n) is 8.01. The second-order valence-corrected chi connectivity index (χ2v) is 6.13. The highest BCUT2D eigenvalue weighted by Gasteiger charge is 2.43. The largest absolute Gasteiger partial charge is 0.372 e. The van der Waals surface area contributed by atoms with Gasteiger partial charge in [-0.25, -0.2) is 0 Å². The Hall–Kier alpha value is -1.66. The van der Waals surface area contributed by atoms with Gasteiger partial charge in [0.05, 0.1) is 30.6 Å². The summed E-state index contributed by atoms with van der Waals surface area (Å²) in [5, 5.41) is 0. The number of hydrogen-bond donors (Lipinski definition) is 0. The number of carbonyl (C=O) groups is 1. The van der Waals surface area contributed by atoms with E-state index in [4.69, 9.17) is 9.47 Å². The van der Waals surface area contributed by atoms with Crippen LogP contribution in [0, 0.1) is 0 Å². The number of ether oxygens (including phenoxy) is 2. The van der Waals surface area contributed by atoms with Crippen LogP contribution in [0.4, 0.5) is 5.69 Å². The van der Waals surface area contributed by atoms with Crippen molar-refractivity contribution in [1.29, 1.82) is 0 Å².